The first kappa shape index (κ1) is 21.2. The van der Waals surface area contributed by atoms with E-state index in [2.05, 4.69) is 47.0 Å². The van der Waals surface area contributed by atoms with Gasteiger partial charge in [0.05, 0.1) is 11.5 Å². The largest absolute Gasteiger partial charge is 0.490 e. The monoisotopic (exact) mass is 406 g/mol. The first-order valence-electron chi connectivity index (χ1n) is 8.25. The Morgan fingerprint density at radius 3 is 2.30 bits per heavy atom. The van der Waals surface area contributed by atoms with Gasteiger partial charge in [-0.1, -0.05) is 18.2 Å². The van der Waals surface area contributed by atoms with Crippen molar-refractivity contribution >= 4 is 26.7 Å². The van der Waals surface area contributed by atoms with E-state index >= 15 is 0 Å². The lowest BCUT2D eigenvalue weighted by atomic mass is 10.1. The van der Waals surface area contributed by atoms with Crippen molar-refractivity contribution in [1.82, 2.24) is 9.47 Å². The number of halogens is 3. The number of carboxylic acid groups (broad SMARTS) is 1. The van der Waals surface area contributed by atoms with Gasteiger partial charge in [-0.3, -0.25) is 0 Å². The van der Waals surface area contributed by atoms with E-state index < -0.39 is 22.0 Å². The van der Waals surface area contributed by atoms with Crippen LogP contribution in [0, 0.1) is 0 Å². The summed E-state index contributed by atoms with van der Waals surface area (Å²) in [4.78, 5) is 11.1. The number of fused-ring (bicyclic) bond motifs is 1. The summed E-state index contributed by atoms with van der Waals surface area (Å²) in [5.41, 5.74) is 2.60. The molecule has 0 saturated carbocycles. The molecule has 1 aliphatic rings. The lowest BCUT2D eigenvalue weighted by Gasteiger charge is -2.26. The highest BCUT2D eigenvalue weighted by Gasteiger charge is 2.38. The molecule has 1 aliphatic heterocycles. The fourth-order valence-corrected chi connectivity index (χ4v) is 4.15. The minimum atomic E-state index is -5.08. The molecule has 0 unspecified atom stereocenters. The third-order valence-corrected chi connectivity index (χ3v) is 5.97. The van der Waals surface area contributed by atoms with Crippen LogP contribution >= 0.6 is 0 Å². The molecule has 6 nitrogen and oxygen atoms in total. The number of alkyl halides is 3. The molecule has 1 aromatic heterocycles. The molecule has 150 valence electrons. The molecule has 2 heterocycles. The van der Waals surface area contributed by atoms with Gasteiger partial charge in [0.15, 0.2) is 9.84 Å². The normalized spacial score (nSPS) is 17.3. The molecular formula is C17H21F3N2O4S. The van der Waals surface area contributed by atoms with Crippen LogP contribution in [0.1, 0.15) is 5.56 Å². The summed E-state index contributed by atoms with van der Waals surface area (Å²) >= 11 is 0. The van der Waals surface area contributed by atoms with E-state index in [0.29, 0.717) is 24.6 Å². The van der Waals surface area contributed by atoms with Gasteiger partial charge in [0.1, 0.15) is 0 Å². The highest BCUT2D eigenvalue weighted by atomic mass is 32.2. The number of nitrogens with zero attached hydrogens (tertiary/aromatic N) is 2. The maximum absolute atomic E-state index is 11.4. The van der Waals surface area contributed by atoms with Gasteiger partial charge in [-0.05, 0) is 18.1 Å². The lowest BCUT2D eigenvalue weighted by Crippen LogP contribution is -2.41. The molecule has 0 atom stereocenters. The first-order chi connectivity index (χ1) is 12.5. The number of carboxylic acids is 1. The van der Waals surface area contributed by atoms with Gasteiger partial charge in [-0.2, -0.15) is 13.2 Å². The number of benzene rings is 1. The minimum absolute atomic E-state index is 0.308. The molecule has 3 rings (SSSR count). The number of para-hydroxylation sites is 1. The van der Waals surface area contributed by atoms with Crippen molar-refractivity contribution < 1.29 is 31.5 Å². The number of aliphatic carboxylic acids is 1. The Hall–Kier alpha value is -2.07. The van der Waals surface area contributed by atoms with E-state index in [1.165, 1.54) is 16.5 Å². The molecule has 0 aliphatic carbocycles. The molecule has 10 heteroatoms. The van der Waals surface area contributed by atoms with Gasteiger partial charge in [-0.25, -0.2) is 13.2 Å². The van der Waals surface area contributed by atoms with Gasteiger partial charge in [0.25, 0.3) is 0 Å². The van der Waals surface area contributed by atoms with Gasteiger partial charge in [0, 0.05) is 43.8 Å². The van der Waals surface area contributed by atoms with Crippen LogP contribution in [0.4, 0.5) is 13.2 Å². The number of aryl methyl sites for hydroxylation is 1. The quantitative estimate of drug-likeness (QED) is 0.844. The molecule has 1 fully saturated rings. The van der Waals surface area contributed by atoms with Crippen LogP contribution in [0.2, 0.25) is 0 Å². The van der Waals surface area contributed by atoms with Gasteiger partial charge in [-0.15, -0.1) is 0 Å². The Bertz CT molecular complexity index is 893. The predicted molar refractivity (Wildman–Crippen MR) is 95.4 cm³/mol. The summed E-state index contributed by atoms with van der Waals surface area (Å²) in [6.45, 7) is 2.28. The smallest absolute Gasteiger partial charge is 0.475 e. The minimum Gasteiger partial charge on any atom is -0.475 e. The van der Waals surface area contributed by atoms with E-state index in [4.69, 9.17) is 9.90 Å². The first-order valence-corrected chi connectivity index (χ1v) is 10.1. The zero-order chi connectivity index (χ0) is 20.2. The molecule has 0 amide bonds. The number of aromatic nitrogens is 1. The van der Waals surface area contributed by atoms with Crippen LogP contribution in [0.5, 0.6) is 0 Å². The summed E-state index contributed by atoms with van der Waals surface area (Å²) in [5.74, 6) is -2.14. The molecular weight excluding hydrogens is 385 g/mol. The molecule has 0 radical (unpaired) electrons. The summed E-state index contributed by atoms with van der Waals surface area (Å²) in [7, 11) is -0.706. The third-order valence-electron chi connectivity index (χ3n) is 4.36. The summed E-state index contributed by atoms with van der Waals surface area (Å²) < 4.78 is 56.7. The second-order valence-corrected chi connectivity index (χ2v) is 8.63. The molecule has 1 aromatic carbocycles. The molecule has 2 aromatic rings. The second-order valence-electron chi connectivity index (χ2n) is 6.33. The molecule has 0 bridgehead atoms. The molecule has 1 saturated heterocycles. The fourth-order valence-electron chi connectivity index (χ4n) is 2.88. The SMILES string of the molecule is Cn1cc(CCN2CCS(=O)(=O)CC2)c2ccccc21.O=C(O)C(F)(F)F. The standard InChI is InChI=1S/C15H20N2O2S.C2HF3O2/c1-16-12-13(14-4-2-3-5-15(14)16)6-7-17-8-10-20(18,19)11-9-17;3-2(4,5)1(6)7/h2-5,12H,6-11H2,1H3;(H,6,7). The summed E-state index contributed by atoms with van der Waals surface area (Å²) in [6.07, 6.45) is -1.92. The van der Waals surface area contributed by atoms with Gasteiger partial charge >= 0.3 is 12.1 Å². The Morgan fingerprint density at radius 1 is 1.19 bits per heavy atom. The Morgan fingerprint density at radius 2 is 1.74 bits per heavy atom. The van der Waals surface area contributed by atoms with Crippen LogP contribution in [0.25, 0.3) is 10.9 Å². The topological polar surface area (TPSA) is 79.6 Å². The number of hydrogen-bond donors (Lipinski definition) is 1. The van der Waals surface area contributed by atoms with E-state index in [9.17, 15) is 21.6 Å². The Balaban J connectivity index is 0.000000321. The van der Waals surface area contributed by atoms with Crippen molar-refractivity contribution in [2.45, 2.75) is 12.6 Å². The molecule has 0 spiro atoms. The van der Waals surface area contributed by atoms with E-state index in [-0.39, 0.29) is 0 Å². The van der Waals surface area contributed by atoms with Crippen LogP contribution in [-0.2, 0) is 28.1 Å². The van der Waals surface area contributed by atoms with Crippen LogP contribution in [-0.4, -0.2) is 66.3 Å². The fraction of sp³-hybridized carbons (Fsp3) is 0.471. The number of sulfone groups is 1. The molecule has 1 N–H and O–H groups in total. The van der Waals surface area contributed by atoms with E-state index in [1.54, 1.807) is 0 Å². The Kier molecular flexibility index (Phi) is 6.53. The average Bonchev–Trinajstić information content (AvgIpc) is 2.90. The third kappa shape index (κ3) is 5.96. The highest BCUT2D eigenvalue weighted by molar-refractivity contribution is 7.91. The van der Waals surface area contributed by atoms with E-state index in [0.717, 1.165) is 13.0 Å². The van der Waals surface area contributed by atoms with Crippen molar-refractivity contribution in [2.75, 3.05) is 31.1 Å². The zero-order valence-electron chi connectivity index (χ0n) is 14.7. The number of rotatable bonds is 3. The maximum Gasteiger partial charge on any atom is 0.490 e. The number of carbonyl (C=O) groups is 1. The lowest BCUT2D eigenvalue weighted by molar-refractivity contribution is -0.192. The van der Waals surface area contributed by atoms with E-state index in [1.807, 2.05) is 0 Å². The van der Waals surface area contributed by atoms with Crippen LogP contribution < -0.4 is 0 Å². The van der Waals surface area contributed by atoms with Gasteiger partial charge < -0.3 is 14.6 Å². The highest BCUT2D eigenvalue weighted by Crippen LogP contribution is 2.21. The average molecular weight is 406 g/mol. The summed E-state index contributed by atoms with van der Waals surface area (Å²) in [6, 6.07) is 8.42. The van der Waals surface area contributed by atoms with Gasteiger partial charge in [0.2, 0.25) is 0 Å². The van der Waals surface area contributed by atoms with Crippen molar-refractivity contribution in [1.29, 1.82) is 0 Å². The molecule has 27 heavy (non-hydrogen) atoms. The number of hydrogen-bond acceptors (Lipinski definition) is 4. The van der Waals surface area contributed by atoms with Crippen LogP contribution in [0.15, 0.2) is 30.5 Å². The van der Waals surface area contributed by atoms with Crippen molar-refractivity contribution in [3.8, 4) is 0 Å². The zero-order valence-corrected chi connectivity index (χ0v) is 15.6. The van der Waals surface area contributed by atoms with Crippen molar-refractivity contribution in [2.24, 2.45) is 7.05 Å². The van der Waals surface area contributed by atoms with Crippen LogP contribution in [0.3, 0.4) is 0 Å². The van der Waals surface area contributed by atoms with Crippen molar-refractivity contribution in [3.63, 3.8) is 0 Å². The second kappa shape index (κ2) is 8.30. The Labute approximate surface area is 155 Å². The maximum atomic E-state index is 11.4. The summed E-state index contributed by atoms with van der Waals surface area (Å²) in [5, 5.41) is 8.43. The van der Waals surface area contributed by atoms with Crippen molar-refractivity contribution in [3.05, 3.63) is 36.0 Å². The predicted octanol–water partition coefficient (Wildman–Crippen LogP) is 2.08.